The van der Waals surface area contributed by atoms with Crippen LogP contribution in [0.2, 0.25) is 0 Å². The van der Waals surface area contributed by atoms with Gasteiger partial charge in [-0.3, -0.25) is 0 Å². The van der Waals surface area contributed by atoms with Gasteiger partial charge in [0.1, 0.15) is 16.6 Å². The molecule has 0 fully saturated rings. The highest BCUT2D eigenvalue weighted by Crippen LogP contribution is 2.30. The molecule has 0 amide bonds. The monoisotopic (exact) mass is 278 g/mol. The summed E-state index contributed by atoms with van der Waals surface area (Å²) in [6.45, 7) is 0.382. The molecule has 2 N–H and O–H groups in total. The van der Waals surface area contributed by atoms with Crippen LogP contribution in [0.5, 0.6) is 5.75 Å². The molecule has 3 aromatic rings. The number of rotatable bonds is 3. The summed E-state index contributed by atoms with van der Waals surface area (Å²) in [5.74, 6) is 0.244. The fourth-order valence-electron chi connectivity index (χ4n) is 1.83. The number of imidazole rings is 1. The molecular formula is C12H11FN4OS. The number of hydrogen-bond donors (Lipinski definition) is 1. The van der Waals surface area contributed by atoms with Gasteiger partial charge < -0.3 is 10.5 Å². The molecule has 0 saturated carbocycles. The van der Waals surface area contributed by atoms with Crippen LogP contribution in [0.1, 0.15) is 5.01 Å². The largest absolute Gasteiger partial charge is 0.496 e. The van der Waals surface area contributed by atoms with Crippen LogP contribution < -0.4 is 10.5 Å². The molecule has 7 heteroatoms. The number of hydrogen-bond acceptors (Lipinski definition) is 5. The summed E-state index contributed by atoms with van der Waals surface area (Å²) in [7, 11) is 1.54. The number of methoxy groups -OCH3 is 1. The second kappa shape index (κ2) is 4.60. The Morgan fingerprint density at radius 3 is 3.00 bits per heavy atom. The van der Waals surface area contributed by atoms with Gasteiger partial charge in [0.05, 0.1) is 19.0 Å². The Bertz CT molecular complexity index is 705. The maximum Gasteiger partial charge on any atom is 0.212 e. The van der Waals surface area contributed by atoms with E-state index >= 15 is 0 Å². The molecule has 0 saturated heterocycles. The Morgan fingerprint density at radius 2 is 2.32 bits per heavy atom. The fourth-order valence-corrected chi connectivity index (χ4v) is 2.59. The van der Waals surface area contributed by atoms with E-state index in [1.807, 2.05) is 0 Å². The Balaban J connectivity index is 2.13. The van der Waals surface area contributed by atoms with Crippen molar-refractivity contribution < 1.29 is 9.13 Å². The number of ether oxygens (including phenoxy) is 1. The zero-order chi connectivity index (χ0) is 13.4. The van der Waals surface area contributed by atoms with Crippen LogP contribution in [0.3, 0.4) is 0 Å². The number of nitrogens with zero attached hydrogens (tertiary/aromatic N) is 3. The molecule has 0 unspecified atom stereocenters. The lowest BCUT2D eigenvalue weighted by molar-refractivity contribution is 0.415. The van der Waals surface area contributed by atoms with Crippen molar-refractivity contribution in [3.05, 3.63) is 35.2 Å². The highest BCUT2D eigenvalue weighted by atomic mass is 32.1. The minimum Gasteiger partial charge on any atom is -0.496 e. The van der Waals surface area contributed by atoms with Crippen molar-refractivity contribution in [3.63, 3.8) is 0 Å². The first kappa shape index (κ1) is 12.1. The number of benzene rings is 1. The molecule has 0 radical (unpaired) electrons. The smallest absolute Gasteiger partial charge is 0.212 e. The van der Waals surface area contributed by atoms with E-state index in [9.17, 15) is 4.39 Å². The molecule has 3 rings (SSSR count). The van der Waals surface area contributed by atoms with E-state index in [0.29, 0.717) is 23.6 Å². The normalized spacial score (nSPS) is 11.1. The lowest BCUT2D eigenvalue weighted by atomic mass is 10.1. The molecule has 0 spiro atoms. The van der Waals surface area contributed by atoms with Gasteiger partial charge in [-0.15, -0.1) is 0 Å². The molecule has 5 nitrogen and oxygen atoms in total. The topological polar surface area (TPSA) is 65.4 Å². The quantitative estimate of drug-likeness (QED) is 0.796. The van der Waals surface area contributed by atoms with Gasteiger partial charge in [-0.2, -0.15) is 5.10 Å². The van der Waals surface area contributed by atoms with Crippen LogP contribution >= 0.6 is 11.3 Å². The highest BCUT2D eigenvalue weighted by Gasteiger charge is 2.13. The van der Waals surface area contributed by atoms with E-state index < -0.39 is 0 Å². The molecule has 0 aliphatic carbocycles. The predicted octanol–water partition coefficient (Wildman–Crippen LogP) is 2.06. The van der Waals surface area contributed by atoms with Crippen molar-refractivity contribution in [2.24, 2.45) is 5.73 Å². The summed E-state index contributed by atoms with van der Waals surface area (Å²) < 4.78 is 20.2. The number of nitrogens with two attached hydrogens (primary N) is 1. The average Bonchev–Trinajstić information content (AvgIpc) is 2.96. The summed E-state index contributed by atoms with van der Waals surface area (Å²) in [6.07, 6.45) is 1.74. The minimum absolute atomic E-state index is 0.331. The maximum absolute atomic E-state index is 13.3. The van der Waals surface area contributed by atoms with Crippen molar-refractivity contribution in [2.45, 2.75) is 6.54 Å². The van der Waals surface area contributed by atoms with Gasteiger partial charge in [-0.25, -0.2) is 13.9 Å². The third-order valence-electron chi connectivity index (χ3n) is 2.70. The van der Waals surface area contributed by atoms with E-state index in [0.717, 1.165) is 9.97 Å². The Morgan fingerprint density at radius 1 is 1.47 bits per heavy atom. The first-order valence-corrected chi connectivity index (χ1v) is 6.42. The van der Waals surface area contributed by atoms with Crippen molar-refractivity contribution >= 4 is 16.3 Å². The van der Waals surface area contributed by atoms with Gasteiger partial charge in [-0.05, 0) is 18.2 Å². The van der Waals surface area contributed by atoms with E-state index in [1.165, 1.54) is 23.5 Å². The lowest BCUT2D eigenvalue weighted by Gasteiger charge is -2.05. The van der Waals surface area contributed by atoms with Crippen molar-refractivity contribution in [3.8, 4) is 17.0 Å². The average molecular weight is 278 g/mol. The van der Waals surface area contributed by atoms with Crippen LogP contribution in [-0.2, 0) is 6.54 Å². The first-order chi connectivity index (χ1) is 9.21. The molecule has 0 bridgehead atoms. The Kier molecular flexibility index (Phi) is 2.92. The van der Waals surface area contributed by atoms with E-state index in [-0.39, 0.29) is 5.82 Å². The van der Waals surface area contributed by atoms with Gasteiger partial charge in [0.15, 0.2) is 0 Å². The van der Waals surface area contributed by atoms with Gasteiger partial charge in [-0.1, -0.05) is 11.3 Å². The molecule has 0 atom stereocenters. The van der Waals surface area contributed by atoms with Gasteiger partial charge >= 0.3 is 0 Å². The standard InChI is InChI=1S/C12H11FN4OS/c1-18-10-3-2-7(13)4-8(10)9-6-17-12(15-9)19-11(5-14)16-17/h2-4,6H,5,14H2,1H3. The van der Waals surface area contributed by atoms with Gasteiger partial charge in [0.2, 0.25) is 4.96 Å². The third-order valence-corrected chi connectivity index (χ3v) is 3.64. The second-order valence-electron chi connectivity index (χ2n) is 3.90. The molecule has 0 aliphatic heterocycles. The van der Waals surface area contributed by atoms with Crippen molar-refractivity contribution in [1.29, 1.82) is 0 Å². The molecule has 19 heavy (non-hydrogen) atoms. The summed E-state index contributed by atoms with van der Waals surface area (Å²) in [4.78, 5) is 5.14. The fraction of sp³-hybridized carbons (Fsp3) is 0.167. The van der Waals surface area contributed by atoms with E-state index in [2.05, 4.69) is 10.1 Å². The summed E-state index contributed by atoms with van der Waals surface area (Å²) in [6, 6.07) is 4.33. The summed E-state index contributed by atoms with van der Waals surface area (Å²) in [5, 5.41) is 5.07. The van der Waals surface area contributed by atoms with E-state index in [1.54, 1.807) is 23.9 Å². The molecule has 2 aromatic heterocycles. The number of fused-ring (bicyclic) bond motifs is 1. The van der Waals surface area contributed by atoms with Crippen LogP contribution in [0.15, 0.2) is 24.4 Å². The lowest BCUT2D eigenvalue weighted by Crippen LogP contribution is -1.96. The van der Waals surface area contributed by atoms with Crippen LogP contribution in [0.25, 0.3) is 16.2 Å². The summed E-state index contributed by atoms with van der Waals surface area (Å²) in [5.41, 5.74) is 6.75. The zero-order valence-corrected chi connectivity index (χ0v) is 10.9. The molecule has 0 aliphatic rings. The van der Waals surface area contributed by atoms with Crippen LogP contribution in [-0.4, -0.2) is 21.7 Å². The third kappa shape index (κ3) is 2.06. The molecule has 1 aromatic carbocycles. The van der Waals surface area contributed by atoms with Gasteiger partial charge in [0, 0.05) is 12.1 Å². The summed E-state index contributed by atoms with van der Waals surface area (Å²) >= 11 is 1.41. The predicted molar refractivity (Wildman–Crippen MR) is 70.7 cm³/mol. The zero-order valence-electron chi connectivity index (χ0n) is 10.1. The van der Waals surface area contributed by atoms with Crippen molar-refractivity contribution in [2.75, 3.05) is 7.11 Å². The Labute approximate surface area is 112 Å². The first-order valence-electron chi connectivity index (χ1n) is 5.60. The molecule has 98 valence electrons. The minimum atomic E-state index is -0.331. The van der Waals surface area contributed by atoms with Crippen LogP contribution in [0, 0.1) is 5.82 Å². The van der Waals surface area contributed by atoms with E-state index in [4.69, 9.17) is 10.5 Å². The molecular weight excluding hydrogens is 267 g/mol. The Hall–Kier alpha value is -1.99. The second-order valence-corrected chi connectivity index (χ2v) is 4.94. The van der Waals surface area contributed by atoms with Gasteiger partial charge in [0.25, 0.3) is 0 Å². The SMILES string of the molecule is COc1ccc(F)cc1-c1cn2nc(CN)sc2n1. The van der Waals surface area contributed by atoms with Crippen molar-refractivity contribution in [1.82, 2.24) is 14.6 Å². The number of aromatic nitrogens is 3. The van der Waals surface area contributed by atoms with Crippen LogP contribution in [0.4, 0.5) is 4.39 Å². The maximum atomic E-state index is 13.3. The highest BCUT2D eigenvalue weighted by molar-refractivity contribution is 7.16. The number of halogens is 1. The molecule has 2 heterocycles.